The van der Waals surface area contributed by atoms with E-state index >= 15 is 0 Å². The van der Waals surface area contributed by atoms with Crippen LogP contribution in [-0.4, -0.2) is 64.7 Å². The lowest BCUT2D eigenvalue weighted by atomic mass is 10.1. The minimum Gasteiger partial charge on any atom is -0.507 e. The molecule has 3 aromatic rings. The number of methoxy groups -OCH3 is 1. The molecule has 33 heavy (non-hydrogen) atoms. The smallest absolute Gasteiger partial charge is 0.169 e. The Kier molecular flexibility index (Phi) is 6.99. The zero-order valence-electron chi connectivity index (χ0n) is 18.9. The van der Waals surface area contributed by atoms with Gasteiger partial charge in [0.25, 0.3) is 0 Å². The third-order valence-corrected chi connectivity index (χ3v) is 5.77. The van der Waals surface area contributed by atoms with Crippen LogP contribution in [0.1, 0.15) is 19.2 Å². The van der Waals surface area contributed by atoms with Crippen molar-refractivity contribution in [2.45, 2.75) is 19.4 Å². The van der Waals surface area contributed by atoms with Crippen molar-refractivity contribution in [2.24, 2.45) is 0 Å². The van der Waals surface area contributed by atoms with Crippen LogP contribution in [0.2, 0.25) is 0 Å². The summed E-state index contributed by atoms with van der Waals surface area (Å²) >= 11 is 0. The SMILES string of the molecule is COC/C=C/c1nccc(N2CCN(c3cc(-c4ccccc4O)nnc3N)CC[C@H]2C)n1. The number of hydrogen-bond donors (Lipinski definition) is 2. The van der Waals surface area contributed by atoms with E-state index in [1.165, 1.54) is 0 Å². The predicted octanol–water partition coefficient (Wildman–Crippen LogP) is 2.99. The van der Waals surface area contributed by atoms with Gasteiger partial charge in [-0.2, -0.15) is 0 Å². The third-order valence-electron chi connectivity index (χ3n) is 5.77. The molecular weight excluding hydrogens is 418 g/mol. The summed E-state index contributed by atoms with van der Waals surface area (Å²) < 4.78 is 5.06. The van der Waals surface area contributed by atoms with Crippen molar-refractivity contribution in [3.63, 3.8) is 0 Å². The van der Waals surface area contributed by atoms with E-state index in [1.54, 1.807) is 25.4 Å². The summed E-state index contributed by atoms with van der Waals surface area (Å²) in [7, 11) is 1.66. The van der Waals surface area contributed by atoms with Gasteiger partial charge < -0.3 is 25.4 Å². The molecule has 0 aliphatic carbocycles. The standard InChI is InChI=1S/C24H29N7O2/c1-17-10-12-30(13-14-31(17)23-9-11-26-22(27-23)8-5-15-33-2)20-16-19(28-29-24(20)25)18-6-3-4-7-21(18)32/h3-9,11,16-17,32H,10,12-15H2,1-2H3,(H2,25,29)/b8-5+/t17-/m1/s1. The highest BCUT2D eigenvalue weighted by Crippen LogP contribution is 2.32. The number of nitrogens with zero attached hydrogens (tertiary/aromatic N) is 6. The van der Waals surface area contributed by atoms with E-state index in [0.29, 0.717) is 29.5 Å². The molecule has 1 aliphatic heterocycles. The van der Waals surface area contributed by atoms with E-state index in [2.05, 4.69) is 31.9 Å². The fourth-order valence-electron chi connectivity index (χ4n) is 3.96. The van der Waals surface area contributed by atoms with E-state index < -0.39 is 0 Å². The maximum Gasteiger partial charge on any atom is 0.169 e. The van der Waals surface area contributed by atoms with Crippen molar-refractivity contribution >= 4 is 23.4 Å². The molecule has 4 rings (SSSR count). The van der Waals surface area contributed by atoms with E-state index in [1.807, 2.05) is 36.4 Å². The number of nitrogen functional groups attached to an aromatic ring is 1. The number of rotatable bonds is 6. The van der Waals surface area contributed by atoms with Gasteiger partial charge in [-0.15, -0.1) is 10.2 Å². The third kappa shape index (κ3) is 5.20. The van der Waals surface area contributed by atoms with Crippen LogP contribution in [0.3, 0.4) is 0 Å². The Bertz CT molecular complexity index is 1120. The largest absolute Gasteiger partial charge is 0.507 e. The second-order valence-electron chi connectivity index (χ2n) is 7.97. The van der Waals surface area contributed by atoms with Crippen molar-refractivity contribution in [2.75, 3.05) is 48.9 Å². The fourth-order valence-corrected chi connectivity index (χ4v) is 3.96. The number of phenols is 1. The first-order chi connectivity index (χ1) is 16.1. The molecule has 0 unspecified atom stereocenters. The van der Waals surface area contributed by atoms with Crippen LogP contribution in [0.25, 0.3) is 17.3 Å². The molecule has 3 N–H and O–H groups in total. The van der Waals surface area contributed by atoms with Gasteiger partial charge in [-0.25, -0.2) is 9.97 Å². The van der Waals surface area contributed by atoms with Crippen molar-refractivity contribution in [1.29, 1.82) is 0 Å². The molecule has 1 fully saturated rings. The van der Waals surface area contributed by atoms with Gasteiger partial charge in [-0.1, -0.05) is 18.2 Å². The highest BCUT2D eigenvalue weighted by atomic mass is 16.5. The summed E-state index contributed by atoms with van der Waals surface area (Å²) in [6.45, 7) is 5.06. The Hall–Kier alpha value is -3.72. The van der Waals surface area contributed by atoms with Crippen LogP contribution in [-0.2, 0) is 4.74 Å². The zero-order valence-corrected chi connectivity index (χ0v) is 18.9. The number of benzene rings is 1. The summed E-state index contributed by atoms with van der Waals surface area (Å²) in [5.74, 6) is 2.10. The van der Waals surface area contributed by atoms with Gasteiger partial charge in [0.15, 0.2) is 11.6 Å². The number of phenolic OH excluding ortho intramolecular Hbond substituents is 1. The van der Waals surface area contributed by atoms with E-state index in [0.717, 1.165) is 37.6 Å². The maximum absolute atomic E-state index is 10.2. The number of hydrogen-bond acceptors (Lipinski definition) is 9. The zero-order chi connectivity index (χ0) is 23.2. The molecule has 1 atom stereocenters. The van der Waals surface area contributed by atoms with E-state index in [4.69, 9.17) is 15.5 Å². The van der Waals surface area contributed by atoms with Crippen LogP contribution < -0.4 is 15.5 Å². The molecule has 1 saturated heterocycles. The molecule has 1 aliphatic rings. The van der Waals surface area contributed by atoms with E-state index in [-0.39, 0.29) is 11.8 Å². The van der Waals surface area contributed by atoms with Crippen LogP contribution in [0.5, 0.6) is 5.75 Å². The fraction of sp³-hybridized carbons (Fsp3) is 0.333. The van der Waals surface area contributed by atoms with Gasteiger partial charge >= 0.3 is 0 Å². The number of nitrogens with two attached hydrogens (primary N) is 1. The molecule has 0 radical (unpaired) electrons. The highest BCUT2D eigenvalue weighted by Gasteiger charge is 2.24. The molecule has 0 amide bonds. The summed E-state index contributed by atoms with van der Waals surface area (Å²) in [5.41, 5.74) is 8.26. The van der Waals surface area contributed by atoms with Gasteiger partial charge in [0, 0.05) is 44.5 Å². The first-order valence-electron chi connectivity index (χ1n) is 11.0. The number of aromatic hydroxyl groups is 1. The lowest BCUT2D eigenvalue weighted by molar-refractivity contribution is 0.234. The molecule has 9 heteroatoms. The van der Waals surface area contributed by atoms with Crippen LogP contribution in [0.15, 0.2) is 48.7 Å². The van der Waals surface area contributed by atoms with Gasteiger partial charge in [0.1, 0.15) is 11.6 Å². The van der Waals surface area contributed by atoms with Crippen molar-refractivity contribution in [3.05, 3.63) is 54.5 Å². The Balaban J connectivity index is 1.55. The van der Waals surface area contributed by atoms with Gasteiger partial charge in [-0.05, 0) is 43.7 Å². The number of anilines is 3. The molecular formula is C24H29N7O2. The monoisotopic (exact) mass is 447 g/mol. The van der Waals surface area contributed by atoms with Gasteiger partial charge in [-0.3, -0.25) is 0 Å². The predicted molar refractivity (Wildman–Crippen MR) is 130 cm³/mol. The molecule has 0 bridgehead atoms. The van der Waals surface area contributed by atoms with Gasteiger partial charge in [0.2, 0.25) is 0 Å². The first-order valence-corrected chi connectivity index (χ1v) is 11.0. The Morgan fingerprint density at radius 3 is 2.85 bits per heavy atom. The lowest BCUT2D eigenvalue weighted by Gasteiger charge is -2.28. The maximum atomic E-state index is 10.2. The van der Waals surface area contributed by atoms with Crippen molar-refractivity contribution in [3.8, 4) is 17.0 Å². The molecule has 0 spiro atoms. The van der Waals surface area contributed by atoms with Crippen LogP contribution in [0.4, 0.5) is 17.3 Å². The quantitative estimate of drug-likeness (QED) is 0.588. The normalized spacial score (nSPS) is 16.8. The van der Waals surface area contributed by atoms with Crippen LogP contribution in [0, 0.1) is 0 Å². The Morgan fingerprint density at radius 2 is 2.03 bits per heavy atom. The average molecular weight is 448 g/mol. The molecule has 1 aromatic carbocycles. The number of para-hydroxylation sites is 1. The Morgan fingerprint density at radius 1 is 1.18 bits per heavy atom. The molecule has 9 nitrogen and oxygen atoms in total. The van der Waals surface area contributed by atoms with Gasteiger partial charge in [0.05, 0.1) is 18.0 Å². The second kappa shape index (κ2) is 10.3. The average Bonchev–Trinajstić information content (AvgIpc) is 3.02. The Labute approximate surface area is 193 Å². The highest BCUT2D eigenvalue weighted by molar-refractivity contribution is 5.74. The summed E-state index contributed by atoms with van der Waals surface area (Å²) in [4.78, 5) is 13.6. The molecule has 3 heterocycles. The minimum atomic E-state index is 0.164. The summed E-state index contributed by atoms with van der Waals surface area (Å²) in [6, 6.07) is 11.2. The minimum absolute atomic E-state index is 0.164. The van der Waals surface area contributed by atoms with Crippen molar-refractivity contribution < 1.29 is 9.84 Å². The molecule has 0 saturated carbocycles. The summed E-state index contributed by atoms with van der Waals surface area (Å²) in [5, 5.41) is 18.6. The number of ether oxygens (including phenoxy) is 1. The second-order valence-corrected chi connectivity index (χ2v) is 7.97. The van der Waals surface area contributed by atoms with E-state index in [9.17, 15) is 5.11 Å². The topological polar surface area (TPSA) is 114 Å². The van der Waals surface area contributed by atoms with Crippen molar-refractivity contribution in [1.82, 2.24) is 20.2 Å². The number of aromatic nitrogens is 4. The molecule has 2 aromatic heterocycles. The lowest BCUT2D eigenvalue weighted by Crippen LogP contribution is -2.35. The molecule has 172 valence electrons. The first kappa shape index (κ1) is 22.5. The van der Waals surface area contributed by atoms with Crippen LogP contribution >= 0.6 is 0 Å². The summed E-state index contributed by atoms with van der Waals surface area (Å²) in [6.07, 6.45) is 6.47.